The molecule has 1 aromatic carbocycles. The number of benzene rings is 1. The van der Waals surface area contributed by atoms with Gasteiger partial charge in [-0.2, -0.15) is 8.78 Å². The minimum Gasteiger partial charge on any atom is -0.490 e. The molecule has 1 aromatic rings. The van der Waals surface area contributed by atoms with Crippen LogP contribution in [0.3, 0.4) is 0 Å². The van der Waals surface area contributed by atoms with Crippen molar-refractivity contribution in [2.24, 2.45) is 0 Å². The van der Waals surface area contributed by atoms with Gasteiger partial charge in [-0.3, -0.25) is 4.79 Å². The highest BCUT2D eigenvalue weighted by atomic mass is 19.3. The predicted octanol–water partition coefficient (Wildman–Crippen LogP) is 2.64. The number of carbonyl (C=O) groups is 1. The van der Waals surface area contributed by atoms with Crippen LogP contribution in [0.2, 0.25) is 0 Å². The van der Waals surface area contributed by atoms with Crippen LogP contribution in [-0.2, 0) is 11.3 Å². The zero-order chi connectivity index (χ0) is 15.7. The molecule has 0 radical (unpaired) electrons. The molecular weight excluding hydrogens is 284 g/mol. The highest BCUT2D eigenvalue weighted by molar-refractivity contribution is 5.66. The van der Waals surface area contributed by atoms with Crippen molar-refractivity contribution < 1.29 is 28.2 Å². The molecule has 0 saturated carbocycles. The van der Waals surface area contributed by atoms with Gasteiger partial charge < -0.3 is 19.9 Å². The van der Waals surface area contributed by atoms with E-state index in [4.69, 9.17) is 9.84 Å². The van der Waals surface area contributed by atoms with Crippen molar-refractivity contribution in [1.29, 1.82) is 0 Å². The lowest BCUT2D eigenvalue weighted by molar-refractivity contribution is -0.137. The molecule has 0 spiro atoms. The third-order valence-electron chi connectivity index (χ3n) is 2.60. The summed E-state index contributed by atoms with van der Waals surface area (Å²) in [5, 5.41) is 11.6. The molecule has 7 heteroatoms. The SMILES string of the molecule is CCOc1cc(CNCCCC(=O)O)ccc1OC(F)F. The van der Waals surface area contributed by atoms with E-state index in [1.54, 1.807) is 19.1 Å². The number of alkyl halides is 2. The Bertz CT molecular complexity index is 455. The van der Waals surface area contributed by atoms with Gasteiger partial charge in [-0.25, -0.2) is 0 Å². The molecule has 0 heterocycles. The molecule has 118 valence electrons. The van der Waals surface area contributed by atoms with Gasteiger partial charge in [-0.05, 0) is 37.6 Å². The van der Waals surface area contributed by atoms with Crippen molar-refractivity contribution in [3.63, 3.8) is 0 Å². The number of hydrogen-bond acceptors (Lipinski definition) is 4. The molecule has 0 bridgehead atoms. The van der Waals surface area contributed by atoms with Gasteiger partial charge in [0.2, 0.25) is 0 Å². The zero-order valence-corrected chi connectivity index (χ0v) is 11.8. The summed E-state index contributed by atoms with van der Waals surface area (Å²) in [6, 6.07) is 4.72. The van der Waals surface area contributed by atoms with E-state index in [0.717, 1.165) is 5.56 Å². The van der Waals surface area contributed by atoms with Crippen LogP contribution in [0, 0.1) is 0 Å². The smallest absolute Gasteiger partial charge is 0.387 e. The Balaban J connectivity index is 2.54. The Morgan fingerprint density at radius 3 is 2.76 bits per heavy atom. The summed E-state index contributed by atoms with van der Waals surface area (Å²) in [5.74, 6) is -0.562. The average Bonchev–Trinajstić information content (AvgIpc) is 2.40. The summed E-state index contributed by atoms with van der Waals surface area (Å²) in [4.78, 5) is 10.4. The van der Waals surface area contributed by atoms with Crippen LogP contribution in [0.4, 0.5) is 8.78 Å². The van der Waals surface area contributed by atoms with E-state index in [9.17, 15) is 13.6 Å². The van der Waals surface area contributed by atoms with Crippen LogP contribution in [0.25, 0.3) is 0 Å². The summed E-state index contributed by atoms with van der Waals surface area (Å²) < 4.78 is 34.2. The molecule has 1 rings (SSSR count). The molecule has 0 fully saturated rings. The fourth-order valence-corrected chi connectivity index (χ4v) is 1.72. The number of ether oxygens (including phenoxy) is 2. The van der Waals surface area contributed by atoms with Crippen LogP contribution < -0.4 is 14.8 Å². The normalized spacial score (nSPS) is 10.7. The first-order valence-corrected chi connectivity index (χ1v) is 6.66. The fraction of sp³-hybridized carbons (Fsp3) is 0.500. The molecule has 0 aliphatic heterocycles. The second-order valence-electron chi connectivity index (χ2n) is 4.27. The maximum Gasteiger partial charge on any atom is 0.387 e. The molecular formula is C14H19F2NO4. The highest BCUT2D eigenvalue weighted by Gasteiger charge is 2.11. The second kappa shape index (κ2) is 9.12. The predicted molar refractivity (Wildman–Crippen MR) is 72.8 cm³/mol. The number of halogens is 2. The quantitative estimate of drug-likeness (QED) is 0.650. The Kier molecular flexibility index (Phi) is 7.45. The number of nitrogens with one attached hydrogen (secondary N) is 1. The summed E-state index contributed by atoms with van der Waals surface area (Å²) >= 11 is 0. The standard InChI is InChI=1S/C14H19F2NO4/c1-2-20-12-8-10(5-6-11(12)21-14(15)16)9-17-7-3-4-13(18)19/h5-6,8,14,17H,2-4,7,9H2,1H3,(H,18,19). The summed E-state index contributed by atoms with van der Waals surface area (Å²) in [6.45, 7) is 0.252. The molecule has 0 aliphatic rings. The maximum absolute atomic E-state index is 12.3. The minimum atomic E-state index is -2.90. The molecule has 21 heavy (non-hydrogen) atoms. The van der Waals surface area contributed by atoms with Crippen molar-refractivity contribution in [2.45, 2.75) is 32.9 Å². The van der Waals surface area contributed by atoms with Gasteiger partial charge in [0.05, 0.1) is 6.61 Å². The molecule has 0 aliphatic carbocycles. The fourth-order valence-electron chi connectivity index (χ4n) is 1.72. The lowest BCUT2D eigenvalue weighted by Crippen LogP contribution is -2.16. The van der Waals surface area contributed by atoms with Gasteiger partial charge in [0.25, 0.3) is 0 Å². The average molecular weight is 303 g/mol. The molecule has 0 atom stereocenters. The topological polar surface area (TPSA) is 67.8 Å². The van der Waals surface area contributed by atoms with E-state index in [1.807, 2.05) is 0 Å². The van der Waals surface area contributed by atoms with Gasteiger partial charge in [-0.15, -0.1) is 0 Å². The van der Waals surface area contributed by atoms with Crippen LogP contribution >= 0.6 is 0 Å². The van der Waals surface area contributed by atoms with E-state index in [-0.39, 0.29) is 17.9 Å². The maximum atomic E-state index is 12.3. The van der Waals surface area contributed by atoms with Crippen LogP contribution in [0.1, 0.15) is 25.3 Å². The summed E-state index contributed by atoms with van der Waals surface area (Å²) in [5.41, 5.74) is 0.843. The molecule has 5 nitrogen and oxygen atoms in total. The molecule has 0 unspecified atom stereocenters. The van der Waals surface area contributed by atoms with E-state index in [2.05, 4.69) is 10.1 Å². The van der Waals surface area contributed by atoms with Gasteiger partial charge in [0, 0.05) is 13.0 Å². The Morgan fingerprint density at radius 2 is 2.14 bits per heavy atom. The van der Waals surface area contributed by atoms with Gasteiger partial charge in [0.1, 0.15) is 0 Å². The molecule has 0 saturated heterocycles. The van der Waals surface area contributed by atoms with E-state index in [0.29, 0.717) is 26.1 Å². The van der Waals surface area contributed by atoms with Crippen LogP contribution in [0.15, 0.2) is 18.2 Å². The number of carboxylic acids is 1. The lowest BCUT2D eigenvalue weighted by Gasteiger charge is -2.13. The van der Waals surface area contributed by atoms with Crippen LogP contribution in [-0.4, -0.2) is 30.8 Å². The largest absolute Gasteiger partial charge is 0.490 e. The van der Waals surface area contributed by atoms with Gasteiger partial charge >= 0.3 is 12.6 Å². The minimum absolute atomic E-state index is 0.00137. The van der Waals surface area contributed by atoms with Crippen molar-refractivity contribution >= 4 is 5.97 Å². The van der Waals surface area contributed by atoms with Gasteiger partial charge in [-0.1, -0.05) is 6.07 Å². The van der Waals surface area contributed by atoms with E-state index in [1.165, 1.54) is 6.07 Å². The number of aliphatic carboxylic acids is 1. The van der Waals surface area contributed by atoms with Crippen LogP contribution in [0.5, 0.6) is 11.5 Å². The number of carboxylic acid groups (broad SMARTS) is 1. The third kappa shape index (κ3) is 6.89. The Labute approximate surface area is 121 Å². The zero-order valence-electron chi connectivity index (χ0n) is 11.8. The van der Waals surface area contributed by atoms with E-state index >= 15 is 0 Å². The van der Waals surface area contributed by atoms with E-state index < -0.39 is 12.6 Å². The van der Waals surface area contributed by atoms with Crippen molar-refractivity contribution in [2.75, 3.05) is 13.2 Å². The second-order valence-corrected chi connectivity index (χ2v) is 4.27. The number of rotatable bonds is 10. The monoisotopic (exact) mass is 303 g/mol. The highest BCUT2D eigenvalue weighted by Crippen LogP contribution is 2.29. The Hall–Kier alpha value is -1.89. The summed E-state index contributed by atoms with van der Waals surface area (Å²) in [6.07, 6.45) is 0.637. The van der Waals surface area contributed by atoms with Crippen molar-refractivity contribution in [3.8, 4) is 11.5 Å². The number of hydrogen-bond donors (Lipinski definition) is 2. The third-order valence-corrected chi connectivity index (χ3v) is 2.60. The molecule has 0 amide bonds. The van der Waals surface area contributed by atoms with Crippen molar-refractivity contribution in [3.05, 3.63) is 23.8 Å². The summed E-state index contributed by atoms with van der Waals surface area (Å²) in [7, 11) is 0. The Morgan fingerprint density at radius 1 is 1.38 bits per heavy atom. The molecule has 0 aromatic heterocycles. The van der Waals surface area contributed by atoms with Crippen molar-refractivity contribution in [1.82, 2.24) is 5.32 Å². The first-order chi connectivity index (χ1) is 10.0. The first-order valence-electron chi connectivity index (χ1n) is 6.66. The van der Waals surface area contributed by atoms with Gasteiger partial charge in [0.15, 0.2) is 11.5 Å². The first kappa shape index (κ1) is 17.2. The lowest BCUT2D eigenvalue weighted by atomic mass is 10.2. The molecule has 2 N–H and O–H groups in total.